The molecule has 2 rings (SSSR count). The molecule has 2 aromatic rings. The SMILES string of the molecule is CCCN(C(=O)C(CC(C)C)NC(=O)OC(C)(C)C)C(C(=O)Nc1c(C)cccc1Cl)c1ccccc1C. The third-order valence-electron chi connectivity index (χ3n) is 5.96. The summed E-state index contributed by atoms with van der Waals surface area (Å²) in [5, 5.41) is 6.16. The van der Waals surface area contributed by atoms with E-state index in [0.717, 1.165) is 11.1 Å². The Labute approximate surface area is 232 Å². The Kier molecular flexibility index (Phi) is 11.2. The van der Waals surface area contributed by atoms with Gasteiger partial charge in [0.2, 0.25) is 5.91 Å². The Bertz CT molecular complexity index is 1110. The Morgan fingerprint density at radius 1 is 1.00 bits per heavy atom. The molecule has 0 bridgehead atoms. The average molecular weight is 544 g/mol. The van der Waals surface area contributed by atoms with Crippen LogP contribution in [-0.2, 0) is 14.3 Å². The number of aryl methyl sites for hydroxylation is 2. The van der Waals surface area contributed by atoms with E-state index in [2.05, 4.69) is 10.6 Å². The van der Waals surface area contributed by atoms with Crippen LogP contribution >= 0.6 is 11.6 Å². The van der Waals surface area contributed by atoms with Crippen LogP contribution in [0.4, 0.5) is 10.5 Å². The van der Waals surface area contributed by atoms with Crippen molar-refractivity contribution < 1.29 is 19.1 Å². The predicted octanol–water partition coefficient (Wildman–Crippen LogP) is 6.81. The molecule has 2 aromatic carbocycles. The zero-order chi connectivity index (χ0) is 28.6. The van der Waals surface area contributed by atoms with Crippen molar-refractivity contribution in [2.45, 2.75) is 85.9 Å². The number of halogens is 1. The van der Waals surface area contributed by atoms with E-state index >= 15 is 0 Å². The van der Waals surface area contributed by atoms with E-state index < -0.39 is 23.8 Å². The van der Waals surface area contributed by atoms with Crippen LogP contribution in [0.3, 0.4) is 0 Å². The molecule has 3 amide bonds. The lowest BCUT2D eigenvalue weighted by Crippen LogP contribution is -2.53. The van der Waals surface area contributed by atoms with E-state index in [0.29, 0.717) is 35.7 Å². The summed E-state index contributed by atoms with van der Waals surface area (Å²) in [6, 6.07) is 11.1. The second-order valence-electron chi connectivity index (χ2n) is 11.0. The smallest absolute Gasteiger partial charge is 0.408 e. The van der Waals surface area contributed by atoms with E-state index in [1.165, 1.54) is 0 Å². The van der Waals surface area contributed by atoms with Gasteiger partial charge in [0.25, 0.3) is 5.91 Å². The minimum Gasteiger partial charge on any atom is -0.444 e. The second-order valence-corrected chi connectivity index (χ2v) is 11.4. The number of benzene rings is 2. The Morgan fingerprint density at radius 3 is 2.18 bits per heavy atom. The summed E-state index contributed by atoms with van der Waals surface area (Å²) in [6.45, 7) is 15.3. The van der Waals surface area contributed by atoms with E-state index in [4.69, 9.17) is 16.3 Å². The van der Waals surface area contributed by atoms with Gasteiger partial charge in [-0.15, -0.1) is 0 Å². The summed E-state index contributed by atoms with van der Waals surface area (Å²) >= 11 is 6.42. The van der Waals surface area contributed by atoms with Crippen molar-refractivity contribution in [1.29, 1.82) is 0 Å². The first-order valence-electron chi connectivity index (χ1n) is 13.2. The van der Waals surface area contributed by atoms with Crippen LogP contribution < -0.4 is 10.6 Å². The van der Waals surface area contributed by atoms with Gasteiger partial charge in [-0.25, -0.2) is 4.79 Å². The van der Waals surface area contributed by atoms with Gasteiger partial charge >= 0.3 is 6.09 Å². The van der Waals surface area contributed by atoms with Gasteiger partial charge < -0.3 is 20.3 Å². The van der Waals surface area contributed by atoms with E-state index in [1.54, 1.807) is 31.7 Å². The summed E-state index contributed by atoms with van der Waals surface area (Å²) in [5.41, 5.74) is 2.18. The summed E-state index contributed by atoms with van der Waals surface area (Å²) in [4.78, 5) is 42.4. The first-order valence-corrected chi connectivity index (χ1v) is 13.5. The van der Waals surface area contributed by atoms with Crippen molar-refractivity contribution in [3.8, 4) is 0 Å². The standard InChI is InChI=1S/C30H42ClN3O4/c1-9-17-34(28(36)24(18-19(2)3)32-29(37)38-30(6,7)8)26(22-15-11-10-13-20(22)4)27(35)33-25-21(5)14-12-16-23(25)31/h10-16,19,24,26H,9,17-18H2,1-8H3,(H,32,37)(H,33,35). The summed E-state index contributed by atoms with van der Waals surface area (Å²) in [7, 11) is 0. The average Bonchev–Trinajstić information content (AvgIpc) is 2.80. The summed E-state index contributed by atoms with van der Waals surface area (Å²) in [5.74, 6) is -0.609. The molecule has 0 heterocycles. The predicted molar refractivity (Wildman–Crippen MR) is 153 cm³/mol. The molecule has 8 heteroatoms. The molecule has 0 spiro atoms. The summed E-state index contributed by atoms with van der Waals surface area (Å²) < 4.78 is 5.44. The lowest BCUT2D eigenvalue weighted by Gasteiger charge is -2.35. The molecule has 0 aliphatic heterocycles. The molecule has 208 valence electrons. The zero-order valence-corrected chi connectivity index (χ0v) is 24.6. The Hall–Kier alpha value is -3.06. The molecule has 2 N–H and O–H groups in total. The van der Waals surface area contributed by atoms with Crippen LogP contribution in [-0.4, -0.2) is 41.0 Å². The number of hydrogen-bond donors (Lipinski definition) is 2. The maximum atomic E-state index is 14.1. The van der Waals surface area contributed by atoms with Gasteiger partial charge in [0.15, 0.2) is 0 Å². The maximum Gasteiger partial charge on any atom is 0.408 e. The van der Waals surface area contributed by atoms with E-state index in [-0.39, 0.29) is 17.7 Å². The monoisotopic (exact) mass is 543 g/mol. The van der Waals surface area contributed by atoms with Gasteiger partial charge in [-0.1, -0.05) is 68.8 Å². The van der Waals surface area contributed by atoms with Gasteiger partial charge in [0.1, 0.15) is 17.7 Å². The fraction of sp³-hybridized carbons (Fsp3) is 0.500. The van der Waals surface area contributed by atoms with Gasteiger partial charge in [0.05, 0.1) is 10.7 Å². The highest BCUT2D eigenvalue weighted by atomic mass is 35.5. The van der Waals surface area contributed by atoms with Crippen LogP contribution in [0.15, 0.2) is 42.5 Å². The van der Waals surface area contributed by atoms with Gasteiger partial charge in [-0.3, -0.25) is 9.59 Å². The third-order valence-corrected chi connectivity index (χ3v) is 6.27. The maximum absolute atomic E-state index is 14.1. The second kappa shape index (κ2) is 13.7. The molecular formula is C30H42ClN3O4. The molecule has 0 aliphatic rings. The number of nitrogens with zero attached hydrogens (tertiary/aromatic N) is 1. The Morgan fingerprint density at radius 2 is 1.63 bits per heavy atom. The zero-order valence-electron chi connectivity index (χ0n) is 23.9. The van der Waals surface area contributed by atoms with Crippen molar-refractivity contribution in [2.24, 2.45) is 5.92 Å². The molecule has 0 aromatic heterocycles. The molecule has 0 saturated carbocycles. The fourth-order valence-electron chi connectivity index (χ4n) is 4.28. The molecule has 38 heavy (non-hydrogen) atoms. The lowest BCUT2D eigenvalue weighted by atomic mass is 9.96. The minimum atomic E-state index is -0.936. The Balaban J connectivity index is 2.55. The van der Waals surface area contributed by atoms with Gasteiger partial charge in [-0.05, 0) is 76.1 Å². The first kappa shape index (κ1) is 31.2. The quantitative estimate of drug-likeness (QED) is 0.344. The van der Waals surface area contributed by atoms with Crippen LogP contribution in [0.5, 0.6) is 0 Å². The van der Waals surface area contributed by atoms with Crippen LogP contribution in [0.25, 0.3) is 0 Å². The number of carbonyl (C=O) groups is 3. The fourth-order valence-corrected chi connectivity index (χ4v) is 4.55. The highest BCUT2D eigenvalue weighted by Gasteiger charge is 2.37. The van der Waals surface area contributed by atoms with Crippen molar-refractivity contribution in [1.82, 2.24) is 10.2 Å². The molecule has 0 aliphatic carbocycles. The van der Waals surface area contributed by atoms with Gasteiger partial charge in [0, 0.05) is 6.54 Å². The first-order chi connectivity index (χ1) is 17.7. The third kappa shape index (κ3) is 8.76. The van der Waals surface area contributed by atoms with Crippen molar-refractivity contribution in [2.75, 3.05) is 11.9 Å². The molecular weight excluding hydrogens is 502 g/mol. The van der Waals surface area contributed by atoms with Crippen molar-refractivity contribution >= 4 is 35.2 Å². The topological polar surface area (TPSA) is 87.7 Å². The highest BCUT2D eigenvalue weighted by molar-refractivity contribution is 6.34. The molecule has 2 atom stereocenters. The summed E-state index contributed by atoms with van der Waals surface area (Å²) in [6.07, 6.45) is 0.341. The number of amides is 3. The van der Waals surface area contributed by atoms with Gasteiger partial charge in [-0.2, -0.15) is 0 Å². The number of ether oxygens (including phenoxy) is 1. The number of hydrogen-bond acceptors (Lipinski definition) is 4. The molecule has 0 radical (unpaired) electrons. The molecule has 0 saturated heterocycles. The normalized spacial score (nSPS) is 13.0. The number of para-hydroxylation sites is 1. The molecule has 0 fully saturated rings. The van der Waals surface area contributed by atoms with Crippen LogP contribution in [0.2, 0.25) is 5.02 Å². The number of carbonyl (C=O) groups excluding carboxylic acids is 3. The number of nitrogens with one attached hydrogen (secondary N) is 2. The van der Waals surface area contributed by atoms with Crippen molar-refractivity contribution in [3.63, 3.8) is 0 Å². The minimum absolute atomic E-state index is 0.110. The number of alkyl carbamates (subject to hydrolysis) is 1. The molecule has 2 unspecified atom stereocenters. The largest absolute Gasteiger partial charge is 0.444 e. The molecule has 7 nitrogen and oxygen atoms in total. The van der Waals surface area contributed by atoms with E-state index in [9.17, 15) is 14.4 Å². The van der Waals surface area contributed by atoms with Crippen LogP contribution in [0.1, 0.15) is 77.1 Å². The van der Waals surface area contributed by atoms with Crippen molar-refractivity contribution in [3.05, 3.63) is 64.2 Å². The van der Waals surface area contributed by atoms with Crippen LogP contribution in [0, 0.1) is 19.8 Å². The van der Waals surface area contributed by atoms with E-state index in [1.807, 2.05) is 71.0 Å². The number of anilines is 1. The number of rotatable bonds is 10. The lowest BCUT2D eigenvalue weighted by molar-refractivity contribution is -0.141. The highest BCUT2D eigenvalue weighted by Crippen LogP contribution is 2.31.